The minimum atomic E-state index is -0.560. The number of halogens is 2. The van der Waals surface area contributed by atoms with Crippen LogP contribution < -0.4 is 5.32 Å². The van der Waals surface area contributed by atoms with Gasteiger partial charge in [-0.2, -0.15) is 0 Å². The Bertz CT molecular complexity index is 525. The Morgan fingerprint density at radius 3 is 2.85 bits per heavy atom. The van der Waals surface area contributed by atoms with Gasteiger partial charge >= 0.3 is 0 Å². The normalized spacial score (nSPS) is 18.3. The first-order chi connectivity index (χ1) is 8.99. The summed E-state index contributed by atoms with van der Waals surface area (Å²) in [5.41, 5.74) is -0.160. The molecule has 1 amide bonds. The van der Waals surface area contributed by atoms with E-state index in [4.69, 9.17) is 11.6 Å². The minimum Gasteiger partial charge on any atom is -0.336 e. The van der Waals surface area contributed by atoms with E-state index in [1.807, 2.05) is 6.92 Å². The molecule has 8 heteroatoms. The SMILES string of the molecule is CC1CN(C(=O)c2cc(Cl)ccc2[N+](=O)[O-])CCN1.Cl. The standard InChI is InChI=1S/C12H14ClN3O3.ClH/c1-8-7-15(5-4-14-8)12(17)10-6-9(13)2-3-11(10)16(18)19;/h2-3,6,8,14H,4-5,7H2,1H3;1H. The molecule has 1 aliphatic rings. The van der Waals surface area contributed by atoms with Crippen LogP contribution in [0.2, 0.25) is 5.02 Å². The Labute approximate surface area is 127 Å². The number of hydrogen-bond donors (Lipinski definition) is 1. The van der Waals surface area contributed by atoms with Crippen LogP contribution in [-0.2, 0) is 0 Å². The molecular weight excluding hydrogens is 305 g/mol. The number of benzene rings is 1. The molecule has 0 spiro atoms. The maximum Gasteiger partial charge on any atom is 0.282 e. The lowest BCUT2D eigenvalue weighted by Gasteiger charge is -2.31. The maximum absolute atomic E-state index is 12.4. The van der Waals surface area contributed by atoms with Gasteiger partial charge in [0.1, 0.15) is 5.56 Å². The molecule has 6 nitrogen and oxygen atoms in total. The van der Waals surface area contributed by atoms with E-state index in [2.05, 4.69) is 5.32 Å². The van der Waals surface area contributed by atoms with Crippen LogP contribution in [0.5, 0.6) is 0 Å². The van der Waals surface area contributed by atoms with Crippen LogP contribution in [-0.4, -0.2) is 41.4 Å². The Balaban J connectivity index is 0.00000200. The average molecular weight is 320 g/mol. The summed E-state index contributed by atoms with van der Waals surface area (Å²) in [6, 6.07) is 4.21. The molecule has 1 saturated heterocycles. The monoisotopic (exact) mass is 319 g/mol. The Morgan fingerprint density at radius 1 is 1.55 bits per heavy atom. The number of nitro benzene ring substituents is 1. The highest BCUT2D eigenvalue weighted by Gasteiger charge is 2.27. The lowest BCUT2D eigenvalue weighted by atomic mass is 10.1. The largest absolute Gasteiger partial charge is 0.336 e. The number of nitro groups is 1. The van der Waals surface area contributed by atoms with E-state index in [0.29, 0.717) is 24.7 Å². The first-order valence-electron chi connectivity index (χ1n) is 5.95. The lowest BCUT2D eigenvalue weighted by Crippen LogP contribution is -2.51. The van der Waals surface area contributed by atoms with E-state index in [0.717, 1.165) is 0 Å². The van der Waals surface area contributed by atoms with Gasteiger partial charge < -0.3 is 10.2 Å². The summed E-state index contributed by atoms with van der Waals surface area (Å²) in [4.78, 5) is 24.4. The molecule has 1 aromatic rings. The quantitative estimate of drug-likeness (QED) is 0.669. The second-order valence-electron chi connectivity index (χ2n) is 4.52. The van der Waals surface area contributed by atoms with Gasteiger partial charge in [-0.15, -0.1) is 12.4 Å². The Morgan fingerprint density at radius 2 is 2.25 bits per heavy atom. The lowest BCUT2D eigenvalue weighted by molar-refractivity contribution is -0.385. The summed E-state index contributed by atoms with van der Waals surface area (Å²) in [7, 11) is 0. The van der Waals surface area contributed by atoms with Crippen molar-refractivity contribution in [2.45, 2.75) is 13.0 Å². The molecule has 2 rings (SSSR count). The summed E-state index contributed by atoms with van der Waals surface area (Å²) in [6.45, 7) is 3.71. The molecule has 110 valence electrons. The highest BCUT2D eigenvalue weighted by atomic mass is 35.5. The van der Waals surface area contributed by atoms with Crippen molar-refractivity contribution in [2.24, 2.45) is 0 Å². The topological polar surface area (TPSA) is 75.5 Å². The van der Waals surface area contributed by atoms with Crippen LogP contribution in [0.3, 0.4) is 0 Å². The summed E-state index contributed by atoms with van der Waals surface area (Å²) >= 11 is 5.83. The van der Waals surface area contributed by atoms with E-state index in [9.17, 15) is 14.9 Å². The summed E-state index contributed by atoms with van der Waals surface area (Å²) in [6.07, 6.45) is 0. The predicted molar refractivity (Wildman–Crippen MR) is 78.7 cm³/mol. The van der Waals surface area contributed by atoms with Crippen LogP contribution in [0.1, 0.15) is 17.3 Å². The van der Waals surface area contributed by atoms with Crippen LogP contribution in [0, 0.1) is 10.1 Å². The molecule has 1 aliphatic heterocycles. The van der Waals surface area contributed by atoms with E-state index in [-0.39, 0.29) is 35.6 Å². The van der Waals surface area contributed by atoms with Gasteiger partial charge in [-0.1, -0.05) is 11.6 Å². The van der Waals surface area contributed by atoms with E-state index < -0.39 is 4.92 Å². The van der Waals surface area contributed by atoms with Crippen molar-refractivity contribution in [2.75, 3.05) is 19.6 Å². The molecule has 1 N–H and O–H groups in total. The fourth-order valence-electron chi connectivity index (χ4n) is 2.13. The zero-order chi connectivity index (χ0) is 14.0. The van der Waals surface area contributed by atoms with Crippen molar-refractivity contribution in [1.82, 2.24) is 10.2 Å². The molecule has 0 bridgehead atoms. The summed E-state index contributed by atoms with van der Waals surface area (Å²) in [5, 5.41) is 14.5. The first kappa shape index (κ1) is 16.7. The Kier molecular flexibility index (Phi) is 5.74. The molecule has 0 saturated carbocycles. The smallest absolute Gasteiger partial charge is 0.282 e. The first-order valence-corrected chi connectivity index (χ1v) is 6.33. The van der Waals surface area contributed by atoms with E-state index in [1.165, 1.54) is 18.2 Å². The predicted octanol–water partition coefficient (Wildman–Crippen LogP) is 2.10. The number of nitrogens with zero attached hydrogens (tertiary/aromatic N) is 2. The van der Waals surface area contributed by atoms with Gasteiger partial charge in [-0.3, -0.25) is 14.9 Å². The van der Waals surface area contributed by atoms with Crippen molar-refractivity contribution < 1.29 is 9.72 Å². The van der Waals surface area contributed by atoms with Crippen molar-refractivity contribution in [3.05, 3.63) is 38.9 Å². The highest BCUT2D eigenvalue weighted by molar-refractivity contribution is 6.31. The fourth-order valence-corrected chi connectivity index (χ4v) is 2.30. The molecule has 1 unspecified atom stereocenters. The fraction of sp³-hybridized carbons (Fsp3) is 0.417. The number of piperazine rings is 1. The number of carbonyl (C=O) groups excluding carboxylic acids is 1. The number of carbonyl (C=O) groups is 1. The number of rotatable bonds is 2. The van der Waals surface area contributed by atoms with Crippen molar-refractivity contribution in [1.29, 1.82) is 0 Å². The highest BCUT2D eigenvalue weighted by Crippen LogP contribution is 2.24. The van der Waals surface area contributed by atoms with E-state index >= 15 is 0 Å². The average Bonchev–Trinajstić information content (AvgIpc) is 2.37. The molecule has 1 heterocycles. The van der Waals surface area contributed by atoms with Crippen LogP contribution in [0.4, 0.5) is 5.69 Å². The third-order valence-electron chi connectivity index (χ3n) is 3.04. The molecule has 0 aliphatic carbocycles. The third kappa shape index (κ3) is 3.59. The molecule has 0 radical (unpaired) electrons. The van der Waals surface area contributed by atoms with Crippen LogP contribution >= 0.6 is 24.0 Å². The second-order valence-corrected chi connectivity index (χ2v) is 4.96. The van der Waals surface area contributed by atoms with Gasteiger partial charge in [0.2, 0.25) is 0 Å². The maximum atomic E-state index is 12.4. The zero-order valence-corrected chi connectivity index (χ0v) is 12.4. The van der Waals surface area contributed by atoms with Crippen LogP contribution in [0.15, 0.2) is 18.2 Å². The van der Waals surface area contributed by atoms with Gasteiger partial charge in [-0.25, -0.2) is 0 Å². The van der Waals surface area contributed by atoms with Crippen molar-refractivity contribution >= 4 is 35.6 Å². The molecular formula is C12H15Cl2N3O3. The summed E-state index contributed by atoms with van der Waals surface area (Å²) in [5.74, 6) is -0.345. The van der Waals surface area contributed by atoms with Gasteiger partial charge in [0.05, 0.1) is 4.92 Å². The van der Waals surface area contributed by atoms with Crippen molar-refractivity contribution in [3.63, 3.8) is 0 Å². The molecule has 20 heavy (non-hydrogen) atoms. The Hall–Kier alpha value is -1.37. The van der Waals surface area contributed by atoms with Gasteiger partial charge in [-0.05, 0) is 19.1 Å². The molecule has 1 fully saturated rings. The number of nitrogens with one attached hydrogen (secondary N) is 1. The zero-order valence-electron chi connectivity index (χ0n) is 10.8. The molecule has 0 aromatic heterocycles. The van der Waals surface area contributed by atoms with Crippen molar-refractivity contribution in [3.8, 4) is 0 Å². The third-order valence-corrected chi connectivity index (χ3v) is 3.28. The van der Waals surface area contributed by atoms with Gasteiger partial charge in [0.25, 0.3) is 11.6 Å². The van der Waals surface area contributed by atoms with Gasteiger partial charge in [0, 0.05) is 36.8 Å². The van der Waals surface area contributed by atoms with Gasteiger partial charge in [0.15, 0.2) is 0 Å². The van der Waals surface area contributed by atoms with Crippen LogP contribution in [0.25, 0.3) is 0 Å². The number of amides is 1. The molecule has 1 atom stereocenters. The van der Waals surface area contributed by atoms with E-state index in [1.54, 1.807) is 4.90 Å². The minimum absolute atomic E-state index is 0. The molecule has 1 aromatic carbocycles. The second kappa shape index (κ2) is 6.88. The summed E-state index contributed by atoms with van der Waals surface area (Å²) < 4.78 is 0. The number of hydrogen-bond acceptors (Lipinski definition) is 4.